The van der Waals surface area contributed by atoms with Gasteiger partial charge in [-0.25, -0.2) is 0 Å². The molecule has 1 unspecified atom stereocenters. The van der Waals surface area contributed by atoms with Gasteiger partial charge >= 0.3 is 0 Å². The van der Waals surface area contributed by atoms with Crippen molar-refractivity contribution in [2.45, 2.75) is 39.7 Å². The van der Waals surface area contributed by atoms with E-state index in [1.807, 2.05) is 20.8 Å². The quantitative estimate of drug-likeness (QED) is 0.789. The third kappa shape index (κ3) is 2.73. The van der Waals surface area contributed by atoms with Crippen LogP contribution in [0.1, 0.15) is 33.6 Å². The fourth-order valence-corrected chi connectivity index (χ4v) is 1.62. The highest BCUT2D eigenvalue weighted by atomic mass is 16.5. The van der Waals surface area contributed by atoms with Gasteiger partial charge in [0.1, 0.15) is 5.41 Å². The highest BCUT2D eigenvalue weighted by Gasteiger charge is 2.40. The Morgan fingerprint density at radius 2 is 1.94 bits per heavy atom. The lowest BCUT2D eigenvalue weighted by Gasteiger charge is -2.31. The first-order valence-electron chi connectivity index (χ1n) is 5.82. The van der Waals surface area contributed by atoms with Gasteiger partial charge in [0.25, 0.3) is 0 Å². The van der Waals surface area contributed by atoms with Crippen molar-refractivity contribution >= 4 is 5.91 Å². The van der Waals surface area contributed by atoms with Crippen molar-refractivity contribution in [3.8, 4) is 6.07 Å². The number of carbonyl (C=O) groups excluding carboxylic acids is 1. The number of carbonyl (C=O) groups is 1. The molecule has 90 valence electrons. The number of amides is 1. The Balaban J connectivity index is 2.66. The van der Waals surface area contributed by atoms with Crippen LogP contribution in [-0.4, -0.2) is 25.2 Å². The van der Waals surface area contributed by atoms with Crippen LogP contribution in [0.5, 0.6) is 0 Å². The highest BCUT2D eigenvalue weighted by Crippen LogP contribution is 2.30. The molecule has 4 nitrogen and oxygen atoms in total. The van der Waals surface area contributed by atoms with Crippen molar-refractivity contribution in [1.82, 2.24) is 5.32 Å². The van der Waals surface area contributed by atoms with Gasteiger partial charge in [0.05, 0.1) is 6.07 Å². The van der Waals surface area contributed by atoms with E-state index in [9.17, 15) is 10.1 Å². The third-order valence-electron chi connectivity index (χ3n) is 3.35. The predicted octanol–water partition coefficient (Wildman–Crippen LogP) is 1.47. The summed E-state index contributed by atoms with van der Waals surface area (Å²) in [7, 11) is 0. The molecule has 16 heavy (non-hydrogen) atoms. The molecule has 1 rings (SSSR count). The first-order chi connectivity index (χ1) is 7.52. The van der Waals surface area contributed by atoms with Gasteiger partial charge in [-0.15, -0.1) is 0 Å². The fourth-order valence-electron chi connectivity index (χ4n) is 1.62. The number of ether oxygens (including phenoxy) is 1. The predicted molar refractivity (Wildman–Crippen MR) is 60.5 cm³/mol. The molecule has 1 saturated heterocycles. The molecule has 1 aliphatic rings. The molecule has 0 saturated carbocycles. The largest absolute Gasteiger partial charge is 0.381 e. The van der Waals surface area contributed by atoms with Gasteiger partial charge in [0.15, 0.2) is 0 Å². The zero-order valence-electron chi connectivity index (χ0n) is 10.2. The molecule has 0 radical (unpaired) electrons. The third-order valence-corrected chi connectivity index (χ3v) is 3.35. The van der Waals surface area contributed by atoms with Crippen LogP contribution in [0.4, 0.5) is 0 Å². The SMILES string of the molecule is CC(C)C(C)NC(=O)C1(C#N)CCOCC1. The van der Waals surface area contributed by atoms with Crippen LogP contribution in [-0.2, 0) is 9.53 Å². The van der Waals surface area contributed by atoms with Crippen molar-refractivity contribution in [3.63, 3.8) is 0 Å². The number of nitrogens with zero attached hydrogens (tertiary/aromatic N) is 1. The van der Waals surface area contributed by atoms with E-state index < -0.39 is 5.41 Å². The number of nitriles is 1. The van der Waals surface area contributed by atoms with E-state index in [0.29, 0.717) is 32.0 Å². The second kappa shape index (κ2) is 5.31. The van der Waals surface area contributed by atoms with Crippen LogP contribution in [0, 0.1) is 22.7 Å². The van der Waals surface area contributed by atoms with E-state index in [1.165, 1.54) is 0 Å². The summed E-state index contributed by atoms with van der Waals surface area (Å²) < 4.78 is 5.20. The summed E-state index contributed by atoms with van der Waals surface area (Å²) >= 11 is 0. The Hall–Kier alpha value is -1.08. The molecule has 0 aromatic rings. The van der Waals surface area contributed by atoms with E-state index in [0.717, 1.165) is 0 Å². The average Bonchev–Trinajstić information content (AvgIpc) is 2.29. The topological polar surface area (TPSA) is 62.1 Å². The Bertz CT molecular complexity index is 288. The zero-order valence-corrected chi connectivity index (χ0v) is 10.2. The highest BCUT2D eigenvalue weighted by molar-refractivity contribution is 5.85. The van der Waals surface area contributed by atoms with Gasteiger partial charge < -0.3 is 10.1 Å². The lowest BCUT2D eigenvalue weighted by molar-refractivity contribution is -0.133. The zero-order chi connectivity index (χ0) is 12.2. The molecule has 1 heterocycles. The van der Waals surface area contributed by atoms with Crippen LogP contribution in [0.15, 0.2) is 0 Å². The molecule has 1 N–H and O–H groups in total. The Labute approximate surface area is 97.0 Å². The summed E-state index contributed by atoms with van der Waals surface area (Å²) in [4.78, 5) is 12.1. The number of rotatable bonds is 3. The minimum Gasteiger partial charge on any atom is -0.381 e. The van der Waals surface area contributed by atoms with Gasteiger partial charge in [0, 0.05) is 19.3 Å². The van der Waals surface area contributed by atoms with Gasteiger partial charge in [-0.05, 0) is 25.7 Å². The summed E-state index contributed by atoms with van der Waals surface area (Å²) in [5.74, 6) is 0.235. The van der Waals surface area contributed by atoms with Crippen LogP contribution in [0.2, 0.25) is 0 Å². The Morgan fingerprint density at radius 3 is 2.38 bits per heavy atom. The minimum atomic E-state index is -0.874. The van der Waals surface area contributed by atoms with Crippen LogP contribution in [0.3, 0.4) is 0 Å². The number of hydrogen-bond acceptors (Lipinski definition) is 3. The molecule has 0 aromatic carbocycles. The van der Waals surface area contributed by atoms with Crippen LogP contribution < -0.4 is 5.32 Å². The van der Waals surface area contributed by atoms with E-state index >= 15 is 0 Å². The van der Waals surface area contributed by atoms with Gasteiger partial charge in [0.2, 0.25) is 5.91 Å². The molecular weight excluding hydrogens is 204 g/mol. The summed E-state index contributed by atoms with van der Waals surface area (Å²) in [6.45, 7) is 7.06. The average molecular weight is 224 g/mol. The van der Waals surface area contributed by atoms with Gasteiger partial charge in [-0.1, -0.05) is 13.8 Å². The Morgan fingerprint density at radius 1 is 1.38 bits per heavy atom. The second-order valence-electron chi connectivity index (χ2n) is 4.81. The maximum atomic E-state index is 12.1. The molecule has 1 aliphatic heterocycles. The van der Waals surface area contributed by atoms with Crippen molar-refractivity contribution in [2.75, 3.05) is 13.2 Å². The molecule has 1 atom stereocenters. The summed E-state index contributed by atoms with van der Waals surface area (Å²) in [5, 5.41) is 12.1. The van der Waals surface area contributed by atoms with Crippen molar-refractivity contribution in [1.29, 1.82) is 5.26 Å². The number of hydrogen-bond donors (Lipinski definition) is 1. The molecule has 0 aromatic heterocycles. The molecule has 1 fully saturated rings. The summed E-state index contributed by atoms with van der Waals surface area (Å²) in [6, 6.07) is 2.27. The summed E-state index contributed by atoms with van der Waals surface area (Å²) in [5.41, 5.74) is -0.874. The normalized spacial score (nSPS) is 21.2. The monoisotopic (exact) mass is 224 g/mol. The van der Waals surface area contributed by atoms with Crippen molar-refractivity contribution in [3.05, 3.63) is 0 Å². The molecule has 4 heteroatoms. The maximum absolute atomic E-state index is 12.1. The summed E-state index contributed by atoms with van der Waals surface area (Å²) in [6.07, 6.45) is 1.00. The number of nitrogens with one attached hydrogen (secondary N) is 1. The minimum absolute atomic E-state index is 0.0977. The first-order valence-corrected chi connectivity index (χ1v) is 5.82. The lowest BCUT2D eigenvalue weighted by atomic mass is 9.80. The van der Waals surface area contributed by atoms with E-state index in [4.69, 9.17) is 4.74 Å². The standard InChI is InChI=1S/C12H20N2O2/c1-9(2)10(3)14-11(15)12(8-13)4-6-16-7-5-12/h9-10H,4-7H2,1-3H3,(H,14,15). The molecular formula is C12H20N2O2. The van der Waals surface area contributed by atoms with Gasteiger partial charge in [-0.2, -0.15) is 5.26 Å². The fraction of sp³-hybridized carbons (Fsp3) is 0.833. The van der Waals surface area contributed by atoms with Crippen LogP contribution in [0.25, 0.3) is 0 Å². The van der Waals surface area contributed by atoms with Gasteiger partial charge in [-0.3, -0.25) is 4.79 Å². The second-order valence-corrected chi connectivity index (χ2v) is 4.81. The van der Waals surface area contributed by atoms with E-state index in [1.54, 1.807) is 0 Å². The molecule has 0 aliphatic carbocycles. The van der Waals surface area contributed by atoms with E-state index in [2.05, 4.69) is 11.4 Å². The lowest BCUT2D eigenvalue weighted by Crippen LogP contribution is -2.48. The smallest absolute Gasteiger partial charge is 0.240 e. The maximum Gasteiger partial charge on any atom is 0.240 e. The van der Waals surface area contributed by atoms with Crippen LogP contribution >= 0.6 is 0 Å². The molecule has 1 amide bonds. The first kappa shape index (κ1) is 13.0. The van der Waals surface area contributed by atoms with E-state index in [-0.39, 0.29) is 11.9 Å². The Kier molecular flexibility index (Phi) is 4.31. The van der Waals surface area contributed by atoms with Crippen molar-refractivity contribution < 1.29 is 9.53 Å². The molecule has 0 spiro atoms. The molecule has 0 bridgehead atoms. The van der Waals surface area contributed by atoms with Crippen molar-refractivity contribution in [2.24, 2.45) is 11.3 Å².